The van der Waals surface area contributed by atoms with Crippen LogP contribution in [0.3, 0.4) is 0 Å². The lowest BCUT2D eigenvalue weighted by atomic mass is 10.0. The molecule has 2 aliphatic heterocycles. The molecule has 2 aromatic carbocycles. The van der Waals surface area contributed by atoms with Crippen LogP contribution in [0.5, 0.6) is 0 Å². The molecule has 2 aromatic rings. The van der Waals surface area contributed by atoms with Crippen molar-refractivity contribution in [2.45, 2.75) is 38.3 Å². The van der Waals surface area contributed by atoms with Gasteiger partial charge in [0.15, 0.2) is 11.6 Å². The van der Waals surface area contributed by atoms with Crippen LogP contribution < -0.4 is 5.73 Å². The molecule has 3 atom stereocenters. The predicted octanol–water partition coefficient (Wildman–Crippen LogP) is 3.05. The number of aryl methyl sites for hydroxylation is 1. The first-order chi connectivity index (χ1) is 15.2. The van der Waals surface area contributed by atoms with Crippen molar-refractivity contribution in [1.29, 1.82) is 0 Å². The zero-order valence-electron chi connectivity index (χ0n) is 17.9. The molecule has 2 heterocycles. The van der Waals surface area contributed by atoms with Crippen molar-refractivity contribution < 1.29 is 22.8 Å². The van der Waals surface area contributed by atoms with Crippen LogP contribution in [0.4, 0.5) is 13.2 Å². The van der Waals surface area contributed by atoms with Gasteiger partial charge in [-0.1, -0.05) is 17.7 Å². The maximum Gasteiger partial charge on any atom is 0.253 e. The molecule has 5 nitrogen and oxygen atoms in total. The number of rotatable bonds is 5. The van der Waals surface area contributed by atoms with E-state index in [9.17, 15) is 22.8 Å². The van der Waals surface area contributed by atoms with E-state index >= 15 is 0 Å². The van der Waals surface area contributed by atoms with Gasteiger partial charge in [0, 0.05) is 49.6 Å². The standard InChI is InChI=1S/C24H26F3N3O2/c1-14-3-2-4-15(7-14)24(32)29-12-16-5-6-30(22(16)13-29)23(31)10-18(28)8-17-9-20(26)21(27)11-19(17)25/h2-4,7,9,11,16,18,22H,5-6,8,10,12-13,28H2,1H3. The topological polar surface area (TPSA) is 66.6 Å². The van der Waals surface area contributed by atoms with Crippen molar-refractivity contribution in [3.05, 3.63) is 70.5 Å². The molecule has 2 aliphatic rings. The van der Waals surface area contributed by atoms with Crippen molar-refractivity contribution in [2.75, 3.05) is 19.6 Å². The van der Waals surface area contributed by atoms with E-state index in [1.54, 1.807) is 15.9 Å². The fourth-order valence-corrected chi connectivity index (χ4v) is 4.81. The summed E-state index contributed by atoms with van der Waals surface area (Å²) in [7, 11) is 0. The molecular weight excluding hydrogens is 419 g/mol. The number of hydrogen-bond acceptors (Lipinski definition) is 3. The van der Waals surface area contributed by atoms with Crippen LogP contribution in [0.15, 0.2) is 36.4 Å². The number of likely N-dealkylation sites (tertiary alicyclic amines) is 2. The van der Waals surface area contributed by atoms with E-state index in [0.717, 1.165) is 18.1 Å². The number of fused-ring (bicyclic) bond motifs is 1. The molecule has 8 heteroatoms. The Morgan fingerprint density at radius 3 is 2.59 bits per heavy atom. The summed E-state index contributed by atoms with van der Waals surface area (Å²) in [5.41, 5.74) is 7.63. The number of carbonyl (C=O) groups excluding carboxylic acids is 2. The number of carbonyl (C=O) groups is 2. The number of amides is 2. The molecule has 0 radical (unpaired) electrons. The van der Waals surface area contributed by atoms with E-state index in [2.05, 4.69) is 0 Å². The van der Waals surface area contributed by atoms with Gasteiger partial charge in [0.2, 0.25) is 5.91 Å². The first kappa shape index (κ1) is 22.3. The lowest BCUT2D eigenvalue weighted by Gasteiger charge is -2.26. The van der Waals surface area contributed by atoms with E-state index < -0.39 is 23.5 Å². The first-order valence-corrected chi connectivity index (χ1v) is 10.8. The second-order valence-corrected chi connectivity index (χ2v) is 8.81. The van der Waals surface area contributed by atoms with Gasteiger partial charge in [-0.15, -0.1) is 0 Å². The Hall–Kier alpha value is -2.87. The molecule has 2 amide bonds. The van der Waals surface area contributed by atoms with Crippen LogP contribution in [-0.4, -0.2) is 53.3 Å². The molecule has 4 rings (SSSR count). The number of nitrogens with zero attached hydrogens (tertiary/aromatic N) is 2. The SMILES string of the molecule is Cc1cccc(C(=O)N2CC3CCN(C(=O)CC(N)Cc4cc(F)c(F)cc4F)C3C2)c1. The summed E-state index contributed by atoms with van der Waals surface area (Å²) in [6.45, 7) is 3.60. The summed E-state index contributed by atoms with van der Waals surface area (Å²) in [5.74, 6) is -3.28. The van der Waals surface area contributed by atoms with Crippen LogP contribution in [-0.2, 0) is 11.2 Å². The molecule has 2 saturated heterocycles. The van der Waals surface area contributed by atoms with Crippen molar-refractivity contribution in [3.8, 4) is 0 Å². The van der Waals surface area contributed by atoms with Crippen LogP contribution >= 0.6 is 0 Å². The monoisotopic (exact) mass is 445 g/mol. The summed E-state index contributed by atoms with van der Waals surface area (Å²) in [4.78, 5) is 29.3. The number of benzene rings is 2. The van der Waals surface area contributed by atoms with Gasteiger partial charge in [-0.2, -0.15) is 0 Å². The van der Waals surface area contributed by atoms with Crippen molar-refractivity contribution in [1.82, 2.24) is 9.80 Å². The minimum Gasteiger partial charge on any atom is -0.338 e. The normalized spacial score (nSPS) is 21.0. The van der Waals surface area contributed by atoms with Crippen molar-refractivity contribution in [3.63, 3.8) is 0 Å². The van der Waals surface area contributed by atoms with Crippen LogP contribution in [0.25, 0.3) is 0 Å². The minimum atomic E-state index is -1.26. The fraction of sp³-hybridized carbons (Fsp3) is 0.417. The highest BCUT2D eigenvalue weighted by atomic mass is 19.2. The Morgan fingerprint density at radius 2 is 1.84 bits per heavy atom. The smallest absolute Gasteiger partial charge is 0.253 e. The zero-order chi connectivity index (χ0) is 23.0. The number of halogens is 3. The Kier molecular flexibility index (Phi) is 6.24. The lowest BCUT2D eigenvalue weighted by Crippen LogP contribution is -2.43. The van der Waals surface area contributed by atoms with Crippen molar-refractivity contribution in [2.24, 2.45) is 11.7 Å². The van der Waals surface area contributed by atoms with Gasteiger partial charge in [0.1, 0.15) is 5.82 Å². The van der Waals surface area contributed by atoms with E-state index in [1.807, 2.05) is 25.1 Å². The highest BCUT2D eigenvalue weighted by Gasteiger charge is 2.44. The largest absolute Gasteiger partial charge is 0.338 e. The van der Waals surface area contributed by atoms with Crippen LogP contribution in [0.1, 0.15) is 34.3 Å². The summed E-state index contributed by atoms with van der Waals surface area (Å²) in [6.07, 6.45) is 0.698. The van der Waals surface area contributed by atoms with Gasteiger partial charge in [0.25, 0.3) is 5.91 Å². The summed E-state index contributed by atoms with van der Waals surface area (Å²) in [5, 5.41) is 0. The molecule has 0 spiro atoms. The first-order valence-electron chi connectivity index (χ1n) is 10.8. The molecule has 0 saturated carbocycles. The van der Waals surface area contributed by atoms with E-state index in [-0.39, 0.29) is 42.2 Å². The van der Waals surface area contributed by atoms with E-state index in [1.165, 1.54) is 0 Å². The fourth-order valence-electron chi connectivity index (χ4n) is 4.81. The molecular formula is C24H26F3N3O2. The third kappa shape index (κ3) is 4.50. The Labute approximate surface area is 185 Å². The Morgan fingerprint density at radius 1 is 1.09 bits per heavy atom. The minimum absolute atomic E-state index is 0.0342. The molecule has 32 heavy (non-hydrogen) atoms. The molecule has 0 bridgehead atoms. The lowest BCUT2D eigenvalue weighted by molar-refractivity contribution is -0.132. The van der Waals surface area contributed by atoms with Gasteiger partial charge in [-0.3, -0.25) is 9.59 Å². The van der Waals surface area contributed by atoms with Gasteiger partial charge in [-0.05, 0) is 43.5 Å². The third-order valence-electron chi connectivity index (χ3n) is 6.43. The van der Waals surface area contributed by atoms with Crippen LogP contribution in [0.2, 0.25) is 0 Å². The molecule has 3 unspecified atom stereocenters. The molecule has 0 aliphatic carbocycles. The van der Waals surface area contributed by atoms with Crippen LogP contribution in [0, 0.1) is 30.3 Å². The summed E-state index contributed by atoms with van der Waals surface area (Å²) < 4.78 is 40.4. The maximum absolute atomic E-state index is 13.9. The quantitative estimate of drug-likeness (QED) is 0.720. The second kappa shape index (κ2) is 8.94. The molecule has 2 fully saturated rings. The highest BCUT2D eigenvalue weighted by Crippen LogP contribution is 2.33. The number of hydrogen-bond donors (Lipinski definition) is 1. The number of nitrogens with two attached hydrogens (primary N) is 1. The maximum atomic E-state index is 13.9. The highest BCUT2D eigenvalue weighted by molar-refractivity contribution is 5.94. The second-order valence-electron chi connectivity index (χ2n) is 8.81. The third-order valence-corrected chi connectivity index (χ3v) is 6.43. The average Bonchev–Trinajstić information content (AvgIpc) is 3.32. The Balaban J connectivity index is 1.37. The van der Waals surface area contributed by atoms with Gasteiger partial charge in [-0.25, -0.2) is 13.2 Å². The predicted molar refractivity (Wildman–Crippen MR) is 113 cm³/mol. The van der Waals surface area contributed by atoms with Gasteiger partial charge >= 0.3 is 0 Å². The van der Waals surface area contributed by atoms with Gasteiger partial charge in [0.05, 0.1) is 6.04 Å². The molecule has 0 aromatic heterocycles. The summed E-state index contributed by atoms with van der Waals surface area (Å²) in [6, 6.07) is 7.92. The summed E-state index contributed by atoms with van der Waals surface area (Å²) >= 11 is 0. The average molecular weight is 445 g/mol. The molecule has 170 valence electrons. The van der Waals surface area contributed by atoms with Gasteiger partial charge < -0.3 is 15.5 Å². The zero-order valence-corrected chi connectivity index (χ0v) is 17.9. The molecule has 2 N–H and O–H groups in total. The van der Waals surface area contributed by atoms with E-state index in [4.69, 9.17) is 5.73 Å². The van der Waals surface area contributed by atoms with Crippen molar-refractivity contribution >= 4 is 11.8 Å². The van der Waals surface area contributed by atoms with E-state index in [0.29, 0.717) is 31.3 Å². The Bertz CT molecular complexity index is 1050.